The number of ketones is 1. The zero-order valence-electron chi connectivity index (χ0n) is 16.3. The Labute approximate surface area is 197 Å². The number of aromatic nitrogens is 3. The lowest BCUT2D eigenvalue weighted by Gasteiger charge is -2.11. The van der Waals surface area contributed by atoms with Crippen LogP contribution in [0, 0.1) is 3.57 Å². The third kappa shape index (κ3) is 6.29. The van der Waals surface area contributed by atoms with Crippen molar-refractivity contribution in [2.45, 2.75) is 24.9 Å². The number of benzene rings is 2. The van der Waals surface area contributed by atoms with Gasteiger partial charge in [0.2, 0.25) is 5.91 Å². The number of carbonyl (C=O) groups is 2. The van der Waals surface area contributed by atoms with Crippen molar-refractivity contribution in [1.82, 2.24) is 20.1 Å². The first kappa shape index (κ1) is 22.8. The molecule has 0 saturated heterocycles. The summed E-state index contributed by atoms with van der Waals surface area (Å²) in [5.74, 6) is 0.985. The molecule has 3 rings (SSSR count). The third-order valence-electron chi connectivity index (χ3n) is 4.22. The Morgan fingerprint density at radius 2 is 1.93 bits per heavy atom. The number of hydrogen-bond acceptors (Lipinski definition) is 5. The predicted molar refractivity (Wildman–Crippen MR) is 128 cm³/mol. The Morgan fingerprint density at radius 1 is 1.17 bits per heavy atom. The van der Waals surface area contributed by atoms with Crippen LogP contribution in [0.1, 0.15) is 29.5 Å². The molecular weight excluding hydrogens is 535 g/mol. The van der Waals surface area contributed by atoms with E-state index in [-0.39, 0.29) is 17.4 Å². The normalized spacial score (nSPS) is 10.8. The van der Waals surface area contributed by atoms with Crippen molar-refractivity contribution >= 4 is 57.6 Å². The zero-order chi connectivity index (χ0) is 21.5. The summed E-state index contributed by atoms with van der Waals surface area (Å²) >= 11 is 9.74. The van der Waals surface area contributed by atoms with Gasteiger partial charge in [-0.25, -0.2) is 0 Å². The summed E-state index contributed by atoms with van der Waals surface area (Å²) in [6, 6.07) is 14.9. The van der Waals surface area contributed by atoms with E-state index >= 15 is 0 Å². The highest BCUT2D eigenvalue weighted by molar-refractivity contribution is 14.1. The summed E-state index contributed by atoms with van der Waals surface area (Å²) < 4.78 is 3.01. The highest BCUT2D eigenvalue weighted by Gasteiger charge is 2.17. The average molecular weight is 555 g/mol. The van der Waals surface area contributed by atoms with Crippen LogP contribution in [0.2, 0.25) is 5.02 Å². The van der Waals surface area contributed by atoms with Crippen molar-refractivity contribution in [1.29, 1.82) is 0 Å². The van der Waals surface area contributed by atoms with Crippen LogP contribution in [-0.2, 0) is 11.2 Å². The molecule has 9 heteroatoms. The number of thioether (sulfide) groups is 1. The Hall–Kier alpha value is -1.91. The number of carbonyl (C=O) groups excluding carboxylic acids is 2. The Kier molecular flexibility index (Phi) is 8.29. The third-order valence-corrected chi connectivity index (χ3v) is 6.10. The lowest BCUT2D eigenvalue weighted by Crippen LogP contribution is -2.21. The molecule has 1 N–H and O–H groups in total. The topological polar surface area (TPSA) is 76.9 Å². The van der Waals surface area contributed by atoms with Gasteiger partial charge in [-0.1, -0.05) is 41.6 Å². The van der Waals surface area contributed by atoms with Crippen LogP contribution in [0.15, 0.2) is 53.7 Å². The molecule has 30 heavy (non-hydrogen) atoms. The van der Waals surface area contributed by atoms with Crippen LogP contribution >= 0.6 is 46.0 Å². The van der Waals surface area contributed by atoms with Gasteiger partial charge in [-0.15, -0.1) is 10.2 Å². The molecule has 1 aromatic heterocycles. The second-order valence-electron chi connectivity index (χ2n) is 6.52. The van der Waals surface area contributed by atoms with Crippen molar-refractivity contribution in [3.05, 3.63) is 68.5 Å². The van der Waals surface area contributed by atoms with Gasteiger partial charge in [-0.05, 0) is 59.3 Å². The van der Waals surface area contributed by atoms with Gasteiger partial charge in [0.05, 0.1) is 11.4 Å². The Morgan fingerprint density at radius 3 is 2.63 bits per heavy atom. The lowest BCUT2D eigenvalue weighted by atomic mass is 10.2. The van der Waals surface area contributed by atoms with Crippen LogP contribution in [-0.4, -0.2) is 38.8 Å². The minimum Gasteiger partial charge on any atom is -0.356 e. The maximum absolute atomic E-state index is 12.6. The van der Waals surface area contributed by atoms with E-state index in [9.17, 15) is 9.59 Å². The largest absolute Gasteiger partial charge is 0.356 e. The minimum absolute atomic E-state index is 0.0317. The predicted octanol–water partition coefficient (Wildman–Crippen LogP) is 4.57. The maximum Gasteiger partial charge on any atom is 0.216 e. The minimum atomic E-state index is -0.0586. The summed E-state index contributed by atoms with van der Waals surface area (Å²) in [5.41, 5.74) is 1.51. The molecule has 0 saturated carbocycles. The molecule has 156 valence electrons. The summed E-state index contributed by atoms with van der Waals surface area (Å²) in [4.78, 5) is 23.6. The molecule has 1 heterocycles. The van der Waals surface area contributed by atoms with Gasteiger partial charge in [0.25, 0.3) is 0 Å². The SMILES string of the molecule is CC(=O)NCCCc1nnc(SCC(=O)c2ccc(I)cc2)n1-c1cccc(Cl)c1. The fraction of sp³-hybridized carbons (Fsp3) is 0.238. The molecule has 0 aliphatic heterocycles. The van der Waals surface area contributed by atoms with Crippen molar-refractivity contribution in [3.63, 3.8) is 0 Å². The van der Waals surface area contributed by atoms with Crippen molar-refractivity contribution < 1.29 is 9.59 Å². The molecule has 2 aromatic carbocycles. The number of nitrogens with one attached hydrogen (secondary N) is 1. The van der Waals surface area contributed by atoms with Gasteiger partial charge in [-0.2, -0.15) is 0 Å². The highest BCUT2D eigenvalue weighted by atomic mass is 127. The molecule has 0 atom stereocenters. The van der Waals surface area contributed by atoms with E-state index in [1.54, 1.807) is 6.07 Å². The van der Waals surface area contributed by atoms with Crippen LogP contribution in [0.4, 0.5) is 0 Å². The van der Waals surface area contributed by atoms with Crippen LogP contribution < -0.4 is 5.32 Å². The van der Waals surface area contributed by atoms with Crippen LogP contribution in [0.25, 0.3) is 5.69 Å². The van der Waals surface area contributed by atoms with E-state index in [2.05, 4.69) is 38.1 Å². The number of rotatable bonds is 9. The van der Waals surface area contributed by atoms with E-state index < -0.39 is 0 Å². The number of aryl methyl sites for hydroxylation is 1. The monoisotopic (exact) mass is 554 g/mol. The molecule has 0 fully saturated rings. The second kappa shape index (κ2) is 10.9. The van der Waals surface area contributed by atoms with E-state index in [1.165, 1.54) is 18.7 Å². The standard InChI is InChI=1S/C21H20ClIN4O2S/c1-14(28)24-11-3-6-20-25-26-21(27(20)18-5-2-4-16(22)12-18)30-13-19(29)15-7-9-17(23)10-8-15/h2,4-5,7-10,12H,3,6,11,13H2,1H3,(H,24,28). The summed E-state index contributed by atoms with van der Waals surface area (Å²) in [7, 11) is 0. The van der Waals surface area contributed by atoms with Gasteiger partial charge in [0.15, 0.2) is 10.9 Å². The number of hydrogen-bond donors (Lipinski definition) is 1. The first-order chi connectivity index (χ1) is 14.4. The second-order valence-corrected chi connectivity index (χ2v) is 9.14. The summed E-state index contributed by atoms with van der Waals surface area (Å²) in [6.07, 6.45) is 1.36. The van der Waals surface area contributed by atoms with Crippen LogP contribution in [0.3, 0.4) is 0 Å². The van der Waals surface area contributed by atoms with Gasteiger partial charge in [0.1, 0.15) is 5.82 Å². The van der Waals surface area contributed by atoms with E-state index in [0.29, 0.717) is 28.7 Å². The smallest absolute Gasteiger partial charge is 0.216 e. The molecule has 6 nitrogen and oxygen atoms in total. The number of halogens is 2. The molecule has 3 aromatic rings. The molecule has 0 spiro atoms. The summed E-state index contributed by atoms with van der Waals surface area (Å²) in [5, 5.41) is 12.7. The highest BCUT2D eigenvalue weighted by Crippen LogP contribution is 2.25. The van der Waals surface area contributed by atoms with Gasteiger partial charge < -0.3 is 5.32 Å². The van der Waals surface area contributed by atoms with Gasteiger partial charge in [0, 0.05) is 34.0 Å². The van der Waals surface area contributed by atoms with Crippen molar-refractivity contribution in [2.75, 3.05) is 12.3 Å². The number of Topliss-reactive ketones (excluding diaryl/α,β-unsaturated/α-hetero) is 1. The first-order valence-electron chi connectivity index (χ1n) is 9.30. The maximum atomic E-state index is 12.6. The molecule has 0 bridgehead atoms. The molecule has 0 unspecified atom stereocenters. The molecule has 0 aliphatic carbocycles. The fourth-order valence-electron chi connectivity index (χ4n) is 2.79. The number of nitrogens with zero attached hydrogens (tertiary/aromatic N) is 3. The fourth-order valence-corrected chi connectivity index (χ4v) is 4.20. The van der Waals surface area contributed by atoms with E-state index in [0.717, 1.165) is 21.5 Å². The van der Waals surface area contributed by atoms with Gasteiger partial charge >= 0.3 is 0 Å². The van der Waals surface area contributed by atoms with E-state index in [4.69, 9.17) is 11.6 Å². The quantitative estimate of drug-likeness (QED) is 0.182. The molecule has 1 amide bonds. The Balaban J connectivity index is 1.78. The van der Waals surface area contributed by atoms with Crippen molar-refractivity contribution in [3.8, 4) is 5.69 Å². The van der Waals surface area contributed by atoms with Crippen molar-refractivity contribution in [2.24, 2.45) is 0 Å². The van der Waals surface area contributed by atoms with E-state index in [1.807, 2.05) is 47.0 Å². The lowest BCUT2D eigenvalue weighted by molar-refractivity contribution is -0.118. The van der Waals surface area contributed by atoms with Crippen LogP contribution in [0.5, 0.6) is 0 Å². The zero-order valence-corrected chi connectivity index (χ0v) is 20.0. The molecule has 0 aliphatic rings. The Bertz CT molecular complexity index is 1040. The summed E-state index contributed by atoms with van der Waals surface area (Å²) in [6.45, 7) is 2.05. The van der Waals surface area contributed by atoms with Gasteiger partial charge in [-0.3, -0.25) is 14.2 Å². The molecule has 0 radical (unpaired) electrons. The first-order valence-corrected chi connectivity index (χ1v) is 11.7. The molecular formula is C21H20ClIN4O2S. The average Bonchev–Trinajstić information content (AvgIpc) is 3.12. The number of amides is 1.